The van der Waals surface area contributed by atoms with Crippen molar-refractivity contribution in [1.29, 1.82) is 0 Å². The van der Waals surface area contributed by atoms with E-state index in [-0.39, 0.29) is 5.91 Å². The molecule has 15 heavy (non-hydrogen) atoms. The van der Waals surface area contributed by atoms with Crippen molar-refractivity contribution in [2.45, 2.75) is 6.54 Å². The molecule has 5 nitrogen and oxygen atoms in total. The quantitative estimate of drug-likeness (QED) is 0.836. The van der Waals surface area contributed by atoms with E-state index in [0.717, 1.165) is 5.82 Å². The first-order valence-electron chi connectivity index (χ1n) is 4.40. The zero-order valence-corrected chi connectivity index (χ0v) is 8.99. The normalized spacial score (nSPS) is 10.2. The molecule has 1 N–H and O–H groups in total. The Bertz CT molecular complexity index is 448. The molecule has 0 aliphatic carbocycles. The fourth-order valence-corrected chi connectivity index (χ4v) is 1.67. The van der Waals surface area contributed by atoms with E-state index in [1.54, 1.807) is 17.1 Å². The zero-order chi connectivity index (χ0) is 10.7. The average Bonchev–Trinajstić information content (AvgIpc) is 2.85. The third-order valence-electron chi connectivity index (χ3n) is 1.99. The van der Waals surface area contributed by atoms with Crippen LogP contribution in [-0.2, 0) is 13.6 Å². The molecule has 6 heteroatoms. The number of hydrogen-bond acceptors (Lipinski definition) is 4. The molecule has 2 rings (SSSR count). The molecule has 2 aromatic rings. The SMILES string of the molecule is Cn1ccnc1CNC(=O)c1cscn1. The second-order valence-corrected chi connectivity index (χ2v) is 3.73. The van der Waals surface area contributed by atoms with Crippen molar-refractivity contribution in [3.05, 3.63) is 34.8 Å². The zero-order valence-electron chi connectivity index (χ0n) is 8.17. The minimum absolute atomic E-state index is 0.167. The molecule has 0 radical (unpaired) electrons. The van der Waals surface area contributed by atoms with Gasteiger partial charge >= 0.3 is 0 Å². The van der Waals surface area contributed by atoms with Crippen LogP contribution in [0.3, 0.4) is 0 Å². The van der Waals surface area contributed by atoms with Gasteiger partial charge in [-0.05, 0) is 0 Å². The van der Waals surface area contributed by atoms with Crippen LogP contribution in [0, 0.1) is 0 Å². The van der Waals surface area contributed by atoms with Gasteiger partial charge in [0.05, 0.1) is 12.1 Å². The van der Waals surface area contributed by atoms with Gasteiger partial charge in [0.15, 0.2) is 0 Å². The molecule has 1 amide bonds. The van der Waals surface area contributed by atoms with Crippen molar-refractivity contribution in [3.63, 3.8) is 0 Å². The summed E-state index contributed by atoms with van der Waals surface area (Å²) in [5, 5.41) is 4.47. The van der Waals surface area contributed by atoms with Crippen LogP contribution in [0.25, 0.3) is 0 Å². The summed E-state index contributed by atoms with van der Waals surface area (Å²) in [7, 11) is 1.89. The van der Waals surface area contributed by atoms with Gasteiger partial charge in [0.25, 0.3) is 5.91 Å². The molecule has 0 spiro atoms. The van der Waals surface area contributed by atoms with Gasteiger partial charge in [0.1, 0.15) is 11.5 Å². The fourth-order valence-electron chi connectivity index (χ4n) is 1.14. The van der Waals surface area contributed by atoms with Gasteiger partial charge in [-0.15, -0.1) is 11.3 Å². The van der Waals surface area contributed by atoms with Gasteiger partial charge in [-0.3, -0.25) is 4.79 Å². The molecule has 0 bridgehead atoms. The van der Waals surface area contributed by atoms with E-state index in [9.17, 15) is 4.79 Å². The van der Waals surface area contributed by atoms with Crippen LogP contribution < -0.4 is 5.32 Å². The summed E-state index contributed by atoms with van der Waals surface area (Å²) in [4.78, 5) is 19.5. The number of thiazole rings is 1. The maximum Gasteiger partial charge on any atom is 0.271 e. The number of hydrogen-bond donors (Lipinski definition) is 1. The third-order valence-corrected chi connectivity index (χ3v) is 2.58. The highest BCUT2D eigenvalue weighted by molar-refractivity contribution is 7.07. The van der Waals surface area contributed by atoms with Gasteiger partial charge in [-0.1, -0.05) is 0 Å². The standard InChI is InChI=1S/C9H10N4OS/c1-13-3-2-10-8(13)4-11-9(14)7-5-15-6-12-7/h2-3,5-6H,4H2,1H3,(H,11,14). The Kier molecular flexibility index (Phi) is 2.77. The summed E-state index contributed by atoms with van der Waals surface area (Å²) in [6.07, 6.45) is 3.54. The van der Waals surface area contributed by atoms with E-state index in [4.69, 9.17) is 0 Å². The number of nitrogens with zero attached hydrogens (tertiary/aromatic N) is 3. The maximum absolute atomic E-state index is 11.5. The highest BCUT2D eigenvalue weighted by Gasteiger charge is 2.07. The van der Waals surface area contributed by atoms with E-state index < -0.39 is 0 Å². The summed E-state index contributed by atoms with van der Waals surface area (Å²) in [6.45, 7) is 0.417. The first kappa shape index (κ1) is 9.85. The van der Waals surface area contributed by atoms with E-state index in [1.807, 2.05) is 17.8 Å². The number of nitrogens with one attached hydrogen (secondary N) is 1. The second kappa shape index (κ2) is 4.22. The van der Waals surface area contributed by atoms with Crippen LogP contribution in [0.2, 0.25) is 0 Å². The second-order valence-electron chi connectivity index (χ2n) is 3.01. The minimum atomic E-state index is -0.167. The molecule has 0 aliphatic rings. The molecule has 0 aromatic carbocycles. The summed E-state index contributed by atoms with van der Waals surface area (Å²) in [5.41, 5.74) is 2.09. The lowest BCUT2D eigenvalue weighted by Gasteiger charge is -2.02. The Morgan fingerprint density at radius 1 is 1.60 bits per heavy atom. The van der Waals surface area contributed by atoms with Crippen molar-refractivity contribution < 1.29 is 4.79 Å². The van der Waals surface area contributed by atoms with Gasteiger partial charge in [0, 0.05) is 24.8 Å². The van der Waals surface area contributed by atoms with Crippen LogP contribution >= 0.6 is 11.3 Å². The predicted molar refractivity (Wildman–Crippen MR) is 56.5 cm³/mol. The van der Waals surface area contributed by atoms with Gasteiger partial charge in [-0.25, -0.2) is 9.97 Å². The van der Waals surface area contributed by atoms with Gasteiger partial charge in [0.2, 0.25) is 0 Å². The lowest BCUT2D eigenvalue weighted by atomic mass is 10.4. The topological polar surface area (TPSA) is 59.8 Å². The molecular formula is C9H10N4OS. The van der Waals surface area contributed by atoms with Crippen molar-refractivity contribution >= 4 is 17.2 Å². The smallest absolute Gasteiger partial charge is 0.271 e. The lowest BCUT2D eigenvalue weighted by Crippen LogP contribution is -2.24. The summed E-state index contributed by atoms with van der Waals surface area (Å²) >= 11 is 1.40. The predicted octanol–water partition coefficient (Wildman–Crippen LogP) is 0.807. The summed E-state index contributed by atoms with van der Waals surface area (Å²) in [5.74, 6) is 0.651. The van der Waals surface area contributed by atoms with Gasteiger partial charge < -0.3 is 9.88 Å². The van der Waals surface area contributed by atoms with Crippen LogP contribution in [0.1, 0.15) is 16.3 Å². The number of aromatic nitrogens is 3. The summed E-state index contributed by atoms with van der Waals surface area (Å²) < 4.78 is 1.86. The number of imidazole rings is 1. The number of aryl methyl sites for hydroxylation is 1. The molecule has 78 valence electrons. The highest BCUT2D eigenvalue weighted by Crippen LogP contribution is 2.01. The molecule has 0 saturated carbocycles. The van der Waals surface area contributed by atoms with Gasteiger partial charge in [-0.2, -0.15) is 0 Å². The molecule has 2 aromatic heterocycles. The number of rotatable bonds is 3. The van der Waals surface area contributed by atoms with E-state index >= 15 is 0 Å². The van der Waals surface area contributed by atoms with Crippen LogP contribution in [-0.4, -0.2) is 20.4 Å². The highest BCUT2D eigenvalue weighted by atomic mass is 32.1. The third kappa shape index (κ3) is 2.21. The van der Waals surface area contributed by atoms with Crippen molar-refractivity contribution in [1.82, 2.24) is 19.9 Å². The number of amides is 1. The van der Waals surface area contributed by atoms with Crippen molar-refractivity contribution in [3.8, 4) is 0 Å². The Balaban J connectivity index is 1.95. The van der Waals surface area contributed by atoms with Crippen molar-refractivity contribution in [2.75, 3.05) is 0 Å². The van der Waals surface area contributed by atoms with Crippen LogP contribution in [0.4, 0.5) is 0 Å². The number of carbonyl (C=O) groups is 1. The molecule has 0 atom stereocenters. The monoisotopic (exact) mass is 222 g/mol. The Morgan fingerprint density at radius 2 is 2.47 bits per heavy atom. The van der Waals surface area contributed by atoms with Crippen molar-refractivity contribution in [2.24, 2.45) is 7.05 Å². The Morgan fingerprint density at radius 3 is 3.07 bits per heavy atom. The largest absolute Gasteiger partial charge is 0.343 e. The molecule has 0 unspecified atom stereocenters. The summed E-state index contributed by atoms with van der Waals surface area (Å²) in [6, 6.07) is 0. The maximum atomic E-state index is 11.5. The Labute approximate surface area is 90.8 Å². The first-order chi connectivity index (χ1) is 7.27. The van der Waals surface area contributed by atoms with E-state index in [0.29, 0.717) is 12.2 Å². The fraction of sp³-hybridized carbons (Fsp3) is 0.222. The number of carbonyl (C=O) groups excluding carboxylic acids is 1. The first-order valence-corrected chi connectivity index (χ1v) is 5.34. The molecule has 0 saturated heterocycles. The molecule has 2 heterocycles. The average molecular weight is 222 g/mol. The van der Waals surface area contributed by atoms with E-state index in [1.165, 1.54) is 11.3 Å². The van der Waals surface area contributed by atoms with Crippen LogP contribution in [0.5, 0.6) is 0 Å². The molecular weight excluding hydrogens is 212 g/mol. The molecule has 0 aliphatic heterocycles. The Hall–Kier alpha value is -1.69. The molecule has 0 fully saturated rings. The van der Waals surface area contributed by atoms with E-state index in [2.05, 4.69) is 15.3 Å². The van der Waals surface area contributed by atoms with Crippen LogP contribution in [0.15, 0.2) is 23.3 Å². The minimum Gasteiger partial charge on any atom is -0.343 e. The lowest BCUT2D eigenvalue weighted by molar-refractivity contribution is 0.0945.